The van der Waals surface area contributed by atoms with Crippen LogP contribution in [0.2, 0.25) is 0 Å². The maximum absolute atomic E-state index is 12.4. The Morgan fingerprint density at radius 1 is 0.971 bits per heavy atom. The maximum atomic E-state index is 12.4. The van der Waals surface area contributed by atoms with E-state index in [4.69, 9.17) is 13.9 Å². The van der Waals surface area contributed by atoms with E-state index in [9.17, 15) is 9.59 Å². The van der Waals surface area contributed by atoms with E-state index in [0.717, 1.165) is 29.5 Å². The summed E-state index contributed by atoms with van der Waals surface area (Å²) >= 11 is 0. The summed E-state index contributed by atoms with van der Waals surface area (Å²) in [6, 6.07) is 22.7. The van der Waals surface area contributed by atoms with Crippen molar-refractivity contribution in [3.63, 3.8) is 0 Å². The molecule has 0 aliphatic heterocycles. The molecule has 4 rings (SSSR count). The molecule has 7 heteroatoms. The molecule has 1 aromatic heterocycles. The lowest BCUT2D eigenvalue weighted by Crippen LogP contribution is -2.16. The smallest absolute Gasteiger partial charge is 0.343 e. The summed E-state index contributed by atoms with van der Waals surface area (Å²) < 4.78 is 16.5. The van der Waals surface area contributed by atoms with Crippen molar-refractivity contribution in [3.8, 4) is 11.5 Å². The number of furan rings is 1. The number of nitrogens with zero attached hydrogens (tertiary/aromatic N) is 1. The molecule has 34 heavy (non-hydrogen) atoms. The molecule has 0 aliphatic rings. The number of ether oxygens (including phenoxy) is 2. The number of carbonyl (C=O) groups excluding carboxylic acids is 2. The lowest BCUT2D eigenvalue weighted by molar-refractivity contribution is 0.0734. The minimum atomic E-state index is -0.459. The van der Waals surface area contributed by atoms with Crippen molar-refractivity contribution in [2.45, 2.75) is 19.8 Å². The van der Waals surface area contributed by atoms with Crippen molar-refractivity contribution in [2.75, 3.05) is 6.61 Å². The van der Waals surface area contributed by atoms with Crippen LogP contribution < -0.4 is 14.9 Å². The summed E-state index contributed by atoms with van der Waals surface area (Å²) in [6.45, 7) is 2.75. The molecule has 7 nitrogen and oxygen atoms in total. The highest BCUT2D eigenvalue weighted by Gasteiger charge is 2.11. The van der Waals surface area contributed by atoms with Crippen molar-refractivity contribution >= 4 is 29.1 Å². The Kier molecular flexibility index (Phi) is 7.35. The van der Waals surface area contributed by atoms with Gasteiger partial charge < -0.3 is 13.9 Å². The molecule has 4 aromatic rings. The highest BCUT2D eigenvalue weighted by Crippen LogP contribution is 2.19. The number of hydrogen-bond acceptors (Lipinski definition) is 6. The monoisotopic (exact) mass is 456 g/mol. The molecule has 0 bridgehead atoms. The zero-order chi connectivity index (χ0) is 23.8. The van der Waals surface area contributed by atoms with Gasteiger partial charge in [-0.2, -0.15) is 5.10 Å². The van der Waals surface area contributed by atoms with Crippen LogP contribution in [0, 0.1) is 0 Å². The average Bonchev–Trinajstić information content (AvgIpc) is 3.30. The highest BCUT2D eigenvalue weighted by molar-refractivity contribution is 5.96. The fourth-order valence-electron chi connectivity index (χ4n) is 3.12. The topological polar surface area (TPSA) is 90.1 Å². The number of esters is 1. The van der Waals surface area contributed by atoms with E-state index in [0.29, 0.717) is 23.5 Å². The average molecular weight is 456 g/mol. The summed E-state index contributed by atoms with van der Waals surface area (Å²) in [7, 11) is 0. The van der Waals surface area contributed by atoms with Crippen LogP contribution >= 0.6 is 0 Å². The first-order valence-electron chi connectivity index (χ1n) is 11.0. The highest BCUT2D eigenvalue weighted by atomic mass is 16.5. The van der Waals surface area contributed by atoms with Gasteiger partial charge in [0.25, 0.3) is 0 Å². The van der Waals surface area contributed by atoms with E-state index in [1.165, 1.54) is 6.21 Å². The van der Waals surface area contributed by atoms with Crippen molar-refractivity contribution in [1.82, 2.24) is 5.43 Å². The second-order valence-corrected chi connectivity index (χ2v) is 7.53. The van der Waals surface area contributed by atoms with Gasteiger partial charge in [-0.1, -0.05) is 31.5 Å². The molecular weight excluding hydrogens is 432 g/mol. The Bertz CT molecular complexity index is 1260. The second-order valence-electron chi connectivity index (χ2n) is 7.53. The van der Waals surface area contributed by atoms with Gasteiger partial charge in [0.2, 0.25) is 0 Å². The zero-order valence-electron chi connectivity index (χ0n) is 18.7. The van der Waals surface area contributed by atoms with Crippen molar-refractivity contribution < 1.29 is 23.5 Å². The third kappa shape index (κ3) is 5.89. The number of unbranched alkanes of at least 4 members (excludes halogenated alkanes) is 1. The third-order valence-corrected chi connectivity index (χ3v) is 4.98. The lowest BCUT2D eigenvalue weighted by Gasteiger charge is -2.07. The van der Waals surface area contributed by atoms with Crippen LogP contribution in [0.3, 0.4) is 0 Å². The third-order valence-electron chi connectivity index (χ3n) is 4.98. The van der Waals surface area contributed by atoms with Gasteiger partial charge in [0.15, 0.2) is 5.76 Å². The molecule has 1 N–H and O–H groups in total. The van der Waals surface area contributed by atoms with Crippen LogP contribution in [0.4, 0.5) is 0 Å². The van der Waals surface area contributed by atoms with E-state index >= 15 is 0 Å². The van der Waals surface area contributed by atoms with Crippen LogP contribution in [0.5, 0.6) is 11.5 Å². The Labute approximate surface area is 197 Å². The molecule has 0 aliphatic carbocycles. The quantitative estimate of drug-likeness (QED) is 0.116. The Hall–Kier alpha value is -4.39. The Balaban J connectivity index is 1.29. The van der Waals surface area contributed by atoms with E-state index < -0.39 is 11.9 Å². The van der Waals surface area contributed by atoms with Gasteiger partial charge in [0.1, 0.15) is 17.1 Å². The molecule has 0 saturated heterocycles. The van der Waals surface area contributed by atoms with Gasteiger partial charge in [-0.15, -0.1) is 0 Å². The lowest BCUT2D eigenvalue weighted by atomic mass is 10.2. The van der Waals surface area contributed by atoms with E-state index in [-0.39, 0.29) is 5.76 Å². The molecule has 172 valence electrons. The first kappa shape index (κ1) is 22.8. The molecular formula is C27H24N2O5. The number of fused-ring (bicyclic) bond motifs is 1. The predicted octanol–water partition coefficient (Wildman–Crippen LogP) is 5.59. The van der Waals surface area contributed by atoms with Crippen molar-refractivity contribution in [1.29, 1.82) is 0 Å². The van der Waals surface area contributed by atoms with Crippen molar-refractivity contribution in [2.24, 2.45) is 5.10 Å². The summed E-state index contributed by atoms with van der Waals surface area (Å²) in [5.41, 5.74) is 4.23. The molecule has 1 amide bonds. The van der Waals surface area contributed by atoms with Crippen molar-refractivity contribution in [3.05, 3.63) is 95.7 Å². The largest absolute Gasteiger partial charge is 0.494 e. The number of para-hydroxylation sites is 1. The van der Waals surface area contributed by atoms with Gasteiger partial charge in [-0.05, 0) is 72.6 Å². The van der Waals surface area contributed by atoms with Gasteiger partial charge >= 0.3 is 11.9 Å². The Morgan fingerprint density at radius 2 is 1.71 bits per heavy atom. The van der Waals surface area contributed by atoms with Gasteiger partial charge in [-0.25, -0.2) is 10.2 Å². The normalized spacial score (nSPS) is 11.0. The number of nitrogens with one attached hydrogen (secondary N) is 1. The van der Waals surface area contributed by atoms with Crippen LogP contribution in [0.1, 0.15) is 46.2 Å². The number of hydrazone groups is 1. The van der Waals surface area contributed by atoms with Gasteiger partial charge in [0.05, 0.1) is 18.4 Å². The molecule has 1 heterocycles. The van der Waals surface area contributed by atoms with Crippen LogP contribution in [0.15, 0.2) is 88.4 Å². The fourth-order valence-corrected chi connectivity index (χ4v) is 3.12. The number of benzene rings is 3. The first-order chi connectivity index (χ1) is 16.6. The summed E-state index contributed by atoms with van der Waals surface area (Å²) in [5, 5.41) is 4.80. The molecule has 0 unspecified atom stereocenters. The van der Waals surface area contributed by atoms with E-state index in [1.54, 1.807) is 60.7 Å². The standard InChI is InChI=1S/C27H24N2O5/c1-2-3-16-32-22-14-10-20(11-15-22)27(31)33-23-12-8-19(9-13-23)18-28-29-26(30)25-17-21-6-4-5-7-24(21)34-25/h4-15,17-18H,2-3,16H2,1H3,(H,29,30). The van der Waals surface area contributed by atoms with Gasteiger partial charge in [-0.3, -0.25) is 4.79 Å². The SMILES string of the molecule is CCCCOc1ccc(C(=O)Oc2ccc(C=NNC(=O)c3cc4ccccc4o3)cc2)cc1. The number of amides is 1. The Morgan fingerprint density at radius 3 is 2.44 bits per heavy atom. The zero-order valence-corrected chi connectivity index (χ0v) is 18.7. The fraction of sp³-hybridized carbons (Fsp3) is 0.148. The number of carbonyl (C=O) groups is 2. The maximum Gasteiger partial charge on any atom is 0.343 e. The second kappa shape index (κ2) is 11.0. The summed E-state index contributed by atoms with van der Waals surface area (Å²) in [6.07, 6.45) is 3.54. The molecule has 0 fully saturated rings. The number of rotatable bonds is 9. The van der Waals surface area contributed by atoms with Gasteiger partial charge in [0, 0.05) is 5.39 Å². The number of hydrogen-bond donors (Lipinski definition) is 1. The van der Waals surface area contributed by atoms with Crippen LogP contribution in [0.25, 0.3) is 11.0 Å². The molecule has 0 radical (unpaired) electrons. The molecule has 0 atom stereocenters. The molecule has 0 saturated carbocycles. The summed E-state index contributed by atoms with van der Waals surface area (Å²) in [4.78, 5) is 24.6. The first-order valence-corrected chi connectivity index (χ1v) is 11.0. The van der Waals surface area contributed by atoms with E-state index in [1.807, 2.05) is 18.2 Å². The van der Waals surface area contributed by atoms with Crippen LogP contribution in [-0.4, -0.2) is 24.7 Å². The molecule has 3 aromatic carbocycles. The predicted molar refractivity (Wildman–Crippen MR) is 130 cm³/mol. The molecule has 0 spiro atoms. The van der Waals surface area contributed by atoms with Crippen LogP contribution in [-0.2, 0) is 0 Å². The minimum absolute atomic E-state index is 0.182. The summed E-state index contributed by atoms with van der Waals surface area (Å²) in [5.74, 6) is 0.401. The minimum Gasteiger partial charge on any atom is -0.494 e. The van der Waals surface area contributed by atoms with E-state index in [2.05, 4.69) is 17.5 Å².